The number of rotatable bonds is 13. The number of hydrogen-bond donors (Lipinski definition) is 6. The second-order valence-corrected chi connectivity index (χ2v) is 8.45. The molecule has 0 aliphatic heterocycles. The number of alkyl carbamates (subject to hydrolysis) is 1. The third-order valence-corrected chi connectivity index (χ3v) is 5.35. The van der Waals surface area contributed by atoms with Crippen LogP contribution in [0.25, 0.3) is 5.57 Å². The number of ether oxygens (including phenoxy) is 1. The van der Waals surface area contributed by atoms with E-state index in [1.54, 1.807) is 5.32 Å². The fraction of sp³-hybridized carbons (Fsp3) is 0.500. The third-order valence-electron chi connectivity index (χ3n) is 5.35. The second-order valence-electron chi connectivity index (χ2n) is 8.45. The van der Waals surface area contributed by atoms with Crippen molar-refractivity contribution in [3.8, 4) is 0 Å². The van der Waals surface area contributed by atoms with E-state index >= 15 is 0 Å². The Labute approximate surface area is 213 Å². The zero-order chi connectivity index (χ0) is 29.3. The summed E-state index contributed by atoms with van der Waals surface area (Å²) in [7, 11) is 0.896. The summed E-state index contributed by atoms with van der Waals surface area (Å²) in [4.78, 5) is 23.8. The largest absolute Gasteiger partial charge is 0.453 e. The van der Waals surface area contributed by atoms with Gasteiger partial charge in [-0.2, -0.15) is 22.0 Å². The SMILES string of the molecule is COC(=O)NC(C(=O)NC[C@@H](O)CNCc1c(F)cc(/C(C=N)=C/NC(F)F)cc1F)C(C)(C)C(F)(F)F. The molecule has 1 rings (SSSR count). The van der Waals surface area contributed by atoms with E-state index in [-0.39, 0.29) is 17.7 Å². The van der Waals surface area contributed by atoms with Gasteiger partial charge in [-0.3, -0.25) is 4.79 Å². The molecule has 214 valence electrons. The Bertz CT molecular complexity index is 995. The predicted octanol–water partition coefficient (Wildman–Crippen LogP) is 2.65. The first-order valence-corrected chi connectivity index (χ1v) is 10.9. The first-order valence-electron chi connectivity index (χ1n) is 10.9. The van der Waals surface area contributed by atoms with E-state index in [2.05, 4.69) is 15.4 Å². The molecule has 0 saturated heterocycles. The van der Waals surface area contributed by atoms with Crippen LogP contribution in [0.4, 0.5) is 35.5 Å². The highest BCUT2D eigenvalue weighted by Gasteiger charge is 2.55. The summed E-state index contributed by atoms with van der Waals surface area (Å²) >= 11 is 0. The number of nitrogens with one attached hydrogen (secondary N) is 5. The molecular weight excluding hydrogens is 531 g/mol. The third kappa shape index (κ3) is 9.16. The lowest BCUT2D eigenvalue weighted by Gasteiger charge is -2.35. The van der Waals surface area contributed by atoms with Crippen molar-refractivity contribution in [2.75, 3.05) is 20.2 Å². The van der Waals surface area contributed by atoms with Crippen molar-refractivity contribution in [2.24, 2.45) is 5.41 Å². The quantitative estimate of drug-likeness (QED) is 0.125. The van der Waals surface area contributed by atoms with Crippen LogP contribution in [-0.4, -0.2) is 68.4 Å². The summed E-state index contributed by atoms with van der Waals surface area (Å²) in [5.41, 5.74) is -3.60. The number of allylic oxidation sites excluding steroid dienone is 1. The highest BCUT2D eigenvalue weighted by atomic mass is 19.4. The number of aliphatic hydroxyl groups excluding tert-OH is 1. The molecule has 6 N–H and O–H groups in total. The first kappa shape index (κ1) is 32.6. The van der Waals surface area contributed by atoms with Crippen LogP contribution in [0.15, 0.2) is 18.3 Å². The Morgan fingerprint density at radius 1 is 1.13 bits per heavy atom. The lowest BCUT2D eigenvalue weighted by atomic mass is 9.83. The lowest BCUT2D eigenvalue weighted by molar-refractivity contribution is -0.220. The molecule has 9 nitrogen and oxygen atoms in total. The van der Waals surface area contributed by atoms with Crippen molar-refractivity contribution >= 4 is 23.8 Å². The molecule has 0 spiro atoms. The normalized spacial score (nSPS) is 14.1. The van der Waals surface area contributed by atoms with Gasteiger partial charge >= 0.3 is 18.8 Å². The Morgan fingerprint density at radius 3 is 2.18 bits per heavy atom. The molecule has 0 aliphatic carbocycles. The highest BCUT2D eigenvalue weighted by molar-refractivity contribution is 6.08. The first-order chi connectivity index (χ1) is 17.5. The van der Waals surface area contributed by atoms with Crippen LogP contribution in [0.3, 0.4) is 0 Å². The molecule has 0 aliphatic rings. The molecule has 0 saturated carbocycles. The molecule has 1 aromatic rings. The van der Waals surface area contributed by atoms with E-state index in [4.69, 9.17) is 5.41 Å². The van der Waals surface area contributed by atoms with Crippen LogP contribution in [0.2, 0.25) is 0 Å². The van der Waals surface area contributed by atoms with Crippen LogP contribution >= 0.6 is 0 Å². The highest BCUT2D eigenvalue weighted by Crippen LogP contribution is 2.40. The molecule has 0 fully saturated rings. The topological polar surface area (TPSA) is 136 Å². The van der Waals surface area contributed by atoms with Crippen molar-refractivity contribution < 1.29 is 50.2 Å². The summed E-state index contributed by atoms with van der Waals surface area (Å²) < 4.78 is 97.9. The van der Waals surface area contributed by atoms with Crippen LogP contribution in [0.5, 0.6) is 0 Å². The minimum absolute atomic E-state index is 0.188. The van der Waals surface area contributed by atoms with Crippen molar-refractivity contribution in [2.45, 2.75) is 45.3 Å². The summed E-state index contributed by atoms with van der Waals surface area (Å²) in [6.07, 6.45) is -6.25. The number of halogens is 7. The molecule has 16 heteroatoms. The smallest absolute Gasteiger partial charge is 0.407 e. The summed E-state index contributed by atoms with van der Waals surface area (Å²) in [6.45, 7) is -2.97. The molecule has 1 unspecified atom stereocenters. The maximum Gasteiger partial charge on any atom is 0.407 e. The van der Waals surface area contributed by atoms with Gasteiger partial charge in [0.05, 0.1) is 18.6 Å². The maximum atomic E-state index is 14.4. The van der Waals surface area contributed by atoms with Crippen LogP contribution in [-0.2, 0) is 16.1 Å². The number of amides is 2. The number of methoxy groups -OCH3 is 1. The van der Waals surface area contributed by atoms with Crippen molar-refractivity contribution in [3.63, 3.8) is 0 Å². The Hall–Kier alpha value is -3.40. The van der Waals surface area contributed by atoms with Gasteiger partial charge in [0.2, 0.25) is 5.91 Å². The van der Waals surface area contributed by atoms with Crippen molar-refractivity contribution in [1.82, 2.24) is 21.3 Å². The molecular formula is C22H28F7N5O4. The van der Waals surface area contributed by atoms with Crippen molar-refractivity contribution in [3.05, 3.63) is 41.1 Å². The van der Waals surface area contributed by atoms with Crippen LogP contribution < -0.4 is 21.3 Å². The minimum Gasteiger partial charge on any atom is -0.453 e. The van der Waals surface area contributed by atoms with Gasteiger partial charge in [-0.05, 0) is 31.5 Å². The molecule has 1 aromatic carbocycles. The van der Waals surface area contributed by atoms with Gasteiger partial charge in [-0.15, -0.1) is 0 Å². The molecule has 0 radical (unpaired) electrons. The van der Waals surface area contributed by atoms with Gasteiger partial charge in [0, 0.05) is 43.2 Å². The van der Waals surface area contributed by atoms with Gasteiger partial charge in [-0.25, -0.2) is 13.6 Å². The molecule has 0 bridgehead atoms. The average molecular weight is 559 g/mol. The number of aliphatic hydroxyl groups is 1. The van der Waals surface area contributed by atoms with Gasteiger partial charge in [0.1, 0.15) is 17.7 Å². The van der Waals surface area contributed by atoms with E-state index in [0.717, 1.165) is 25.4 Å². The summed E-state index contributed by atoms with van der Waals surface area (Å²) in [5.74, 6) is -3.42. The Balaban J connectivity index is 2.79. The fourth-order valence-corrected chi connectivity index (χ4v) is 2.97. The number of carbonyl (C=O) groups excluding carboxylic acids is 2. The average Bonchev–Trinajstić information content (AvgIpc) is 2.81. The Morgan fingerprint density at radius 2 is 1.71 bits per heavy atom. The van der Waals surface area contributed by atoms with Gasteiger partial charge in [0.15, 0.2) is 0 Å². The number of hydrogen-bond acceptors (Lipinski definition) is 7. The maximum absolute atomic E-state index is 14.4. The lowest BCUT2D eigenvalue weighted by Crippen LogP contribution is -2.60. The van der Waals surface area contributed by atoms with E-state index in [9.17, 15) is 45.4 Å². The number of benzene rings is 1. The van der Waals surface area contributed by atoms with Gasteiger partial charge in [-0.1, -0.05) is 0 Å². The van der Waals surface area contributed by atoms with Gasteiger partial charge < -0.3 is 36.5 Å². The van der Waals surface area contributed by atoms with E-state index in [1.807, 2.05) is 5.32 Å². The zero-order valence-electron chi connectivity index (χ0n) is 20.5. The summed E-state index contributed by atoms with van der Waals surface area (Å²) in [5, 5.41) is 25.3. The molecule has 2 amide bonds. The van der Waals surface area contributed by atoms with E-state index < -0.39 is 72.6 Å². The number of carbonyl (C=O) groups is 2. The van der Waals surface area contributed by atoms with E-state index in [1.165, 1.54) is 0 Å². The Kier molecular flexibility index (Phi) is 12.0. The second kappa shape index (κ2) is 13.9. The number of alkyl halides is 5. The monoisotopic (exact) mass is 559 g/mol. The predicted molar refractivity (Wildman–Crippen MR) is 122 cm³/mol. The molecule has 0 aromatic heterocycles. The minimum atomic E-state index is -4.89. The molecule has 2 atom stereocenters. The fourth-order valence-electron chi connectivity index (χ4n) is 2.97. The van der Waals surface area contributed by atoms with E-state index in [0.29, 0.717) is 20.1 Å². The van der Waals surface area contributed by atoms with Gasteiger partial charge in [0.25, 0.3) is 0 Å². The van der Waals surface area contributed by atoms with Crippen LogP contribution in [0, 0.1) is 22.5 Å². The van der Waals surface area contributed by atoms with Crippen LogP contribution in [0.1, 0.15) is 25.0 Å². The molecule has 38 heavy (non-hydrogen) atoms. The summed E-state index contributed by atoms with van der Waals surface area (Å²) in [6, 6.07) is -0.470. The zero-order valence-corrected chi connectivity index (χ0v) is 20.5. The van der Waals surface area contributed by atoms with Crippen molar-refractivity contribution in [1.29, 1.82) is 5.41 Å². The molecule has 0 heterocycles. The standard InChI is InChI=1S/C22H28F7N5O4/c1-21(2,22(27,28)29)17(34-20(37)38-3)18(36)32-9-13(35)8-31-10-14-15(23)4-11(5-16(14)24)12(6-30)7-33-19(25)26/h4-7,13,17,19,30-31,33,35H,8-10H2,1-3H3,(H,32,36)(H,34,37)/b12-7+,30-6?/t13-,17?/m0/s1.